The monoisotopic (exact) mass is 407 g/mol. The summed E-state index contributed by atoms with van der Waals surface area (Å²) in [6, 6.07) is 4.16. The minimum atomic E-state index is -1.02. The van der Waals surface area contributed by atoms with Gasteiger partial charge in [-0.25, -0.2) is 9.18 Å². The minimum Gasteiger partial charge on any atom is -0.308 e. The SMILES string of the molecule is BCn1c(=O)n(-c2ccc(Br)cc2F)c2c(F)c(=O)n3c(c21)CCC3. The van der Waals surface area contributed by atoms with Crippen LogP contribution in [0.25, 0.3) is 16.7 Å². The van der Waals surface area contributed by atoms with Gasteiger partial charge in [-0.15, -0.1) is 0 Å². The predicted molar refractivity (Wildman–Crippen MR) is 96.3 cm³/mol. The quantitative estimate of drug-likeness (QED) is 0.605. The highest BCUT2D eigenvalue weighted by Gasteiger charge is 2.28. The normalized spacial score (nSPS) is 13.6. The maximum absolute atomic E-state index is 14.9. The number of rotatable bonds is 2. The molecule has 3 heterocycles. The number of aryl methyl sites for hydroxylation is 1. The maximum Gasteiger partial charge on any atom is 0.333 e. The van der Waals surface area contributed by atoms with Crippen molar-refractivity contribution in [3.63, 3.8) is 0 Å². The molecule has 25 heavy (non-hydrogen) atoms. The third-order valence-electron chi connectivity index (χ3n) is 4.64. The molecule has 2 aromatic heterocycles. The molecule has 0 saturated carbocycles. The Bertz CT molecular complexity index is 1150. The predicted octanol–water partition coefficient (Wildman–Crippen LogP) is 1.53. The summed E-state index contributed by atoms with van der Waals surface area (Å²) in [5.41, 5.74) is -0.531. The average molecular weight is 408 g/mol. The fourth-order valence-corrected chi connectivity index (χ4v) is 3.92. The third kappa shape index (κ3) is 2.18. The number of imidazole rings is 1. The molecule has 0 radical (unpaired) electrons. The van der Waals surface area contributed by atoms with Gasteiger partial charge in [-0.3, -0.25) is 13.9 Å². The Morgan fingerprint density at radius 2 is 1.96 bits per heavy atom. The molecular weight excluding hydrogens is 395 g/mol. The van der Waals surface area contributed by atoms with Crippen molar-refractivity contribution in [2.24, 2.45) is 0 Å². The molecule has 0 saturated heterocycles. The number of pyridine rings is 1. The number of aromatic nitrogens is 3. The molecule has 5 nitrogen and oxygen atoms in total. The molecule has 3 aromatic rings. The number of nitrogens with zero attached hydrogens (tertiary/aromatic N) is 3. The Morgan fingerprint density at radius 3 is 2.64 bits per heavy atom. The molecule has 1 aromatic carbocycles. The second-order valence-corrected chi connectivity index (χ2v) is 6.89. The third-order valence-corrected chi connectivity index (χ3v) is 5.14. The van der Waals surface area contributed by atoms with E-state index in [1.54, 1.807) is 13.9 Å². The van der Waals surface area contributed by atoms with Crippen molar-refractivity contribution in [1.29, 1.82) is 0 Å². The van der Waals surface area contributed by atoms with Crippen LogP contribution in [-0.2, 0) is 19.4 Å². The van der Waals surface area contributed by atoms with Crippen LogP contribution in [0.3, 0.4) is 0 Å². The minimum absolute atomic E-state index is 0.0772. The molecule has 0 N–H and O–H groups in total. The Labute approximate surface area is 150 Å². The molecule has 0 spiro atoms. The lowest BCUT2D eigenvalue weighted by molar-refractivity contribution is 0.583. The van der Waals surface area contributed by atoms with Crippen molar-refractivity contribution in [2.75, 3.05) is 0 Å². The summed E-state index contributed by atoms with van der Waals surface area (Å²) in [4.78, 5) is 25.3. The van der Waals surface area contributed by atoms with Crippen LogP contribution >= 0.6 is 15.9 Å². The Kier molecular flexibility index (Phi) is 3.71. The lowest BCUT2D eigenvalue weighted by atomic mass is 10.1. The van der Waals surface area contributed by atoms with Crippen LogP contribution in [0.5, 0.6) is 0 Å². The summed E-state index contributed by atoms with van der Waals surface area (Å²) < 4.78 is 33.6. The van der Waals surface area contributed by atoms with E-state index in [4.69, 9.17) is 0 Å². The molecule has 1 aliphatic rings. The first-order chi connectivity index (χ1) is 12.0. The van der Waals surface area contributed by atoms with Gasteiger partial charge in [-0.05, 0) is 37.5 Å². The van der Waals surface area contributed by atoms with E-state index in [1.807, 2.05) is 0 Å². The average Bonchev–Trinajstić information content (AvgIpc) is 3.15. The number of fused-ring (bicyclic) bond motifs is 3. The van der Waals surface area contributed by atoms with E-state index >= 15 is 0 Å². The highest BCUT2D eigenvalue weighted by molar-refractivity contribution is 9.10. The first kappa shape index (κ1) is 16.3. The largest absolute Gasteiger partial charge is 0.333 e. The zero-order valence-corrected chi connectivity index (χ0v) is 14.9. The molecule has 0 fully saturated rings. The molecule has 4 rings (SSSR count). The van der Waals surface area contributed by atoms with E-state index in [-0.39, 0.29) is 11.2 Å². The molecule has 128 valence electrons. The van der Waals surface area contributed by atoms with Crippen LogP contribution in [0, 0.1) is 11.6 Å². The van der Waals surface area contributed by atoms with Crippen molar-refractivity contribution in [3.8, 4) is 5.69 Å². The van der Waals surface area contributed by atoms with E-state index in [1.165, 1.54) is 21.3 Å². The molecular formula is C16H13BBrF2N3O2. The van der Waals surface area contributed by atoms with Crippen molar-refractivity contribution in [1.82, 2.24) is 13.7 Å². The van der Waals surface area contributed by atoms with Crippen molar-refractivity contribution >= 4 is 34.8 Å². The summed E-state index contributed by atoms with van der Waals surface area (Å²) in [5.74, 6) is -1.70. The van der Waals surface area contributed by atoms with Gasteiger partial charge in [0.15, 0.2) is 0 Å². The van der Waals surface area contributed by atoms with Gasteiger partial charge in [0.2, 0.25) is 5.82 Å². The number of halogens is 3. The lowest BCUT2D eigenvalue weighted by Crippen LogP contribution is -2.24. The summed E-state index contributed by atoms with van der Waals surface area (Å²) >= 11 is 3.16. The maximum atomic E-state index is 14.9. The van der Waals surface area contributed by atoms with Gasteiger partial charge >= 0.3 is 5.69 Å². The highest BCUT2D eigenvalue weighted by Crippen LogP contribution is 2.27. The van der Waals surface area contributed by atoms with Crippen molar-refractivity contribution in [3.05, 3.63) is 60.8 Å². The topological polar surface area (TPSA) is 48.9 Å². The van der Waals surface area contributed by atoms with Crippen molar-refractivity contribution in [2.45, 2.75) is 25.8 Å². The standard InChI is InChI=1S/C16H13BBrF2N3O2/c17-7-22-13-11-2-1-5-21(11)15(24)12(20)14(13)23(16(22)25)10-4-3-8(18)6-9(10)19/h3-4,6H,1-2,5,7,17H2. The molecule has 0 bridgehead atoms. The molecule has 9 heteroatoms. The van der Waals surface area contributed by atoms with E-state index in [2.05, 4.69) is 15.9 Å². The second-order valence-electron chi connectivity index (χ2n) is 5.98. The van der Waals surface area contributed by atoms with Crippen LogP contribution in [0.15, 0.2) is 32.3 Å². The summed E-state index contributed by atoms with van der Waals surface area (Å²) in [6.45, 7) is 0.427. The summed E-state index contributed by atoms with van der Waals surface area (Å²) in [5, 5.41) is 0. The second kappa shape index (κ2) is 5.69. The van der Waals surface area contributed by atoms with Crippen LogP contribution < -0.4 is 11.2 Å². The van der Waals surface area contributed by atoms with Gasteiger partial charge in [-0.1, -0.05) is 15.9 Å². The van der Waals surface area contributed by atoms with Crippen LogP contribution in [0.4, 0.5) is 8.78 Å². The van der Waals surface area contributed by atoms with E-state index in [0.29, 0.717) is 41.5 Å². The van der Waals surface area contributed by atoms with E-state index in [0.717, 1.165) is 4.57 Å². The van der Waals surface area contributed by atoms with Gasteiger partial charge in [0.25, 0.3) is 5.56 Å². The summed E-state index contributed by atoms with van der Waals surface area (Å²) in [7, 11) is 1.76. The van der Waals surface area contributed by atoms with E-state index in [9.17, 15) is 18.4 Å². The van der Waals surface area contributed by atoms with Gasteiger partial charge < -0.3 is 4.57 Å². The van der Waals surface area contributed by atoms with Crippen LogP contribution in [-0.4, -0.2) is 21.5 Å². The molecule has 0 amide bonds. The van der Waals surface area contributed by atoms with Gasteiger partial charge in [0, 0.05) is 16.7 Å². The van der Waals surface area contributed by atoms with Crippen LogP contribution in [0.1, 0.15) is 12.1 Å². The smallest absolute Gasteiger partial charge is 0.308 e. The first-order valence-electron chi connectivity index (χ1n) is 7.97. The number of hydrogen-bond donors (Lipinski definition) is 0. The zero-order chi connectivity index (χ0) is 17.9. The number of benzene rings is 1. The highest BCUT2D eigenvalue weighted by atomic mass is 79.9. The Morgan fingerprint density at radius 1 is 1.20 bits per heavy atom. The number of hydrogen-bond acceptors (Lipinski definition) is 2. The molecule has 0 unspecified atom stereocenters. The molecule has 0 atom stereocenters. The molecule has 0 aliphatic carbocycles. The lowest BCUT2D eigenvalue weighted by Gasteiger charge is -2.09. The van der Waals surface area contributed by atoms with Gasteiger partial charge in [-0.2, -0.15) is 4.39 Å². The first-order valence-corrected chi connectivity index (χ1v) is 8.76. The Balaban J connectivity index is 2.24. The Hall–Kier alpha value is -2.16. The fraction of sp³-hybridized carbons (Fsp3) is 0.250. The van der Waals surface area contributed by atoms with E-state index < -0.39 is 22.9 Å². The van der Waals surface area contributed by atoms with Gasteiger partial charge in [0.05, 0.1) is 11.2 Å². The van der Waals surface area contributed by atoms with Gasteiger partial charge in [0.1, 0.15) is 19.2 Å². The van der Waals surface area contributed by atoms with Crippen molar-refractivity contribution < 1.29 is 8.78 Å². The fourth-order valence-electron chi connectivity index (χ4n) is 3.58. The summed E-state index contributed by atoms with van der Waals surface area (Å²) in [6.07, 6.45) is 1.59. The van der Waals surface area contributed by atoms with Crippen LogP contribution in [0.2, 0.25) is 0 Å². The molecule has 1 aliphatic heterocycles. The zero-order valence-electron chi connectivity index (χ0n) is 13.4.